The SMILES string of the molecule is CN/N=c1\ccn(C2CC2)c2c(F)c(-c3cc(C)nc(C)c3)c(F)cc12. The summed E-state index contributed by atoms with van der Waals surface area (Å²) in [6.45, 7) is 3.64. The first-order valence-corrected chi connectivity index (χ1v) is 8.68. The fourth-order valence-corrected chi connectivity index (χ4v) is 3.49. The van der Waals surface area contributed by atoms with Gasteiger partial charge >= 0.3 is 0 Å². The lowest BCUT2D eigenvalue weighted by Gasteiger charge is -2.15. The molecule has 134 valence electrons. The minimum atomic E-state index is -0.596. The summed E-state index contributed by atoms with van der Waals surface area (Å²) in [6.07, 6.45) is 3.84. The first kappa shape index (κ1) is 16.7. The highest BCUT2D eigenvalue weighted by Gasteiger charge is 2.27. The highest BCUT2D eigenvalue weighted by atomic mass is 19.1. The maximum absolute atomic E-state index is 15.6. The number of fused-ring (bicyclic) bond motifs is 1. The van der Waals surface area contributed by atoms with Crippen molar-refractivity contribution < 1.29 is 8.78 Å². The van der Waals surface area contributed by atoms with Gasteiger partial charge in [-0.15, -0.1) is 0 Å². The third-order valence-electron chi connectivity index (χ3n) is 4.66. The van der Waals surface area contributed by atoms with Crippen molar-refractivity contribution in [2.24, 2.45) is 5.10 Å². The van der Waals surface area contributed by atoms with Gasteiger partial charge in [0.1, 0.15) is 5.82 Å². The van der Waals surface area contributed by atoms with Crippen LogP contribution in [0.4, 0.5) is 8.78 Å². The second-order valence-corrected chi connectivity index (χ2v) is 6.76. The summed E-state index contributed by atoms with van der Waals surface area (Å²) in [4.78, 5) is 4.30. The molecule has 2 aromatic heterocycles. The van der Waals surface area contributed by atoms with E-state index in [0.717, 1.165) is 24.2 Å². The van der Waals surface area contributed by atoms with E-state index in [-0.39, 0.29) is 11.6 Å². The Balaban J connectivity index is 2.10. The Hall–Kier alpha value is -2.76. The molecule has 0 bridgehead atoms. The standard InChI is InChI=1S/C20H20F2N4/c1-11-8-13(9-12(2)24-11)18-16(21)10-15-17(25-23-3)6-7-26(14-4-5-14)20(15)19(18)22/h6-10,14,23H,4-5H2,1-3H3/b25-17+. The van der Waals surface area contributed by atoms with Crippen molar-refractivity contribution in [1.29, 1.82) is 0 Å². The largest absolute Gasteiger partial charge is 0.342 e. The molecule has 6 heteroatoms. The molecule has 2 heterocycles. The van der Waals surface area contributed by atoms with E-state index < -0.39 is 11.6 Å². The van der Waals surface area contributed by atoms with E-state index in [9.17, 15) is 4.39 Å². The van der Waals surface area contributed by atoms with Crippen LogP contribution in [-0.2, 0) is 0 Å². The van der Waals surface area contributed by atoms with Crippen molar-refractivity contribution in [2.75, 3.05) is 7.05 Å². The third kappa shape index (κ3) is 2.75. The van der Waals surface area contributed by atoms with Crippen LogP contribution in [0.2, 0.25) is 0 Å². The predicted octanol–water partition coefficient (Wildman–Crippen LogP) is 3.97. The molecule has 0 aliphatic heterocycles. The lowest BCUT2D eigenvalue weighted by Crippen LogP contribution is -2.15. The van der Waals surface area contributed by atoms with Crippen LogP contribution in [-0.4, -0.2) is 16.6 Å². The second kappa shape index (κ2) is 6.20. The fourth-order valence-electron chi connectivity index (χ4n) is 3.49. The number of nitrogens with zero attached hydrogens (tertiary/aromatic N) is 3. The molecule has 0 radical (unpaired) electrons. The van der Waals surface area contributed by atoms with E-state index in [1.54, 1.807) is 25.2 Å². The van der Waals surface area contributed by atoms with Crippen LogP contribution in [0.5, 0.6) is 0 Å². The molecule has 4 rings (SSSR count). The Bertz CT molecular complexity index is 1060. The van der Waals surface area contributed by atoms with Crippen molar-refractivity contribution in [2.45, 2.75) is 32.7 Å². The van der Waals surface area contributed by atoms with Gasteiger partial charge in [-0.25, -0.2) is 8.78 Å². The van der Waals surface area contributed by atoms with Crippen molar-refractivity contribution in [3.63, 3.8) is 0 Å². The van der Waals surface area contributed by atoms with Gasteiger partial charge in [0.2, 0.25) is 0 Å². The second-order valence-electron chi connectivity index (χ2n) is 6.76. The molecule has 1 saturated carbocycles. The topological polar surface area (TPSA) is 42.2 Å². The molecule has 0 amide bonds. The highest BCUT2D eigenvalue weighted by Crippen LogP contribution is 2.39. The summed E-state index contributed by atoms with van der Waals surface area (Å²) in [5, 5.41) is 5.15. The molecule has 0 spiro atoms. The maximum atomic E-state index is 15.6. The summed E-state index contributed by atoms with van der Waals surface area (Å²) >= 11 is 0. The predicted molar refractivity (Wildman–Crippen MR) is 97.5 cm³/mol. The molecule has 1 aromatic carbocycles. The molecule has 0 saturated heterocycles. The maximum Gasteiger partial charge on any atom is 0.158 e. The molecule has 1 N–H and O–H groups in total. The van der Waals surface area contributed by atoms with Crippen LogP contribution in [0.25, 0.3) is 22.0 Å². The van der Waals surface area contributed by atoms with E-state index in [1.807, 2.05) is 24.6 Å². The lowest BCUT2D eigenvalue weighted by molar-refractivity contribution is 0.589. The average Bonchev–Trinajstić information content (AvgIpc) is 3.39. The minimum Gasteiger partial charge on any atom is -0.342 e. The molecule has 26 heavy (non-hydrogen) atoms. The number of aryl methyl sites for hydroxylation is 2. The molecule has 1 aliphatic rings. The molecule has 0 unspecified atom stereocenters. The molecular weight excluding hydrogens is 334 g/mol. The number of halogens is 2. The number of hydrogen-bond acceptors (Lipinski definition) is 3. The molecule has 4 nitrogen and oxygen atoms in total. The summed E-state index contributed by atoms with van der Waals surface area (Å²) in [6, 6.07) is 6.85. The van der Waals surface area contributed by atoms with Crippen molar-refractivity contribution >= 4 is 10.9 Å². The summed E-state index contributed by atoms with van der Waals surface area (Å²) in [5.74, 6) is -1.15. The zero-order valence-electron chi connectivity index (χ0n) is 15.0. The smallest absolute Gasteiger partial charge is 0.158 e. The number of nitrogens with one attached hydrogen (secondary N) is 1. The van der Waals surface area contributed by atoms with Gasteiger partial charge < -0.3 is 9.99 Å². The molecule has 1 fully saturated rings. The number of pyridine rings is 2. The Labute approximate surface area is 150 Å². The molecule has 1 aliphatic carbocycles. The van der Waals surface area contributed by atoms with E-state index in [0.29, 0.717) is 21.8 Å². The highest BCUT2D eigenvalue weighted by molar-refractivity contribution is 5.86. The molecular formula is C20H20F2N4. The summed E-state index contributed by atoms with van der Waals surface area (Å²) < 4.78 is 32.5. The van der Waals surface area contributed by atoms with Gasteiger partial charge in [-0.05, 0) is 56.5 Å². The Morgan fingerprint density at radius 1 is 1.15 bits per heavy atom. The van der Waals surface area contributed by atoms with Crippen molar-refractivity contribution in [3.8, 4) is 11.1 Å². The molecule has 3 aromatic rings. The van der Waals surface area contributed by atoms with Gasteiger partial charge in [-0.2, -0.15) is 5.10 Å². The Kier molecular flexibility index (Phi) is 3.98. The van der Waals surface area contributed by atoms with Gasteiger partial charge in [0, 0.05) is 36.1 Å². The van der Waals surface area contributed by atoms with E-state index in [1.165, 1.54) is 6.07 Å². The third-order valence-corrected chi connectivity index (χ3v) is 4.66. The van der Waals surface area contributed by atoms with E-state index in [2.05, 4.69) is 15.5 Å². The normalized spacial score (nSPS) is 14.9. The summed E-state index contributed by atoms with van der Waals surface area (Å²) in [7, 11) is 1.66. The molecule has 0 atom stereocenters. The van der Waals surface area contributed by atoms with Gasteiger partial charge in [-0.1, -0.05) is 0 Å². The van der Waals surface area contributed by atoms with E-state index in [4.69, 9.17) is 0 Å². The van der Waals surface area contributed by atoms with Crippen molar-refractivity contribution in [3.05, 3.63) is 58.8 Å². The Morgan fingerprint density at radius 3 is 2.46 bits per heavy atom. The first-order valence-electron chi connectivity index (χ1n) is 8.68. The van der Waals surface area contributed by atoms with Gasteiger partial charge in [0.15, 0.2) is 5.82 Å². The van der Waals surface area contributed by atoms with Crippen LogP contribution < -0.4 is 10.8 Å². The van der Waals surface area contributed by atoms with Crippen LogP contribution in [0.3, 0.4) is 0 Å². The zero-order chi connectivity index (χ0) is 18.4. The number of hydrogen-bond donors (Lipinski definition) is 1. The van der Waals surface area contributed by atoms with Gasteiger partial charge in [0.05, 0.1) is 16.4 Å². The van der Waals surface area contributed by atoms with Gasteiger partial charge in [-0.3, -0.25) is 4.98 Å². The first-order chi connectivity index (χ1) is 12.5. The minimum absolute atomic E-state index is 0.0119. The number of benzene rings is 1. The van der Waals surface area contributed by atoms with Crippen LogP contribution in [0, 0.1) is 25.5 Å². The number of rotatable bonds is 3. The monoisotopic (exact) mass is 354 g/mol. The quantitative estimate of drug-likeness (QED) is 0.723. The van der Waals surface area contributed by atoms with Crippen molar-refractivity contribution in [1.82, 2.24) is 15.0 Å². The zero-order valence-corrected chi connectivity index (χ0v) is 15.0. The fraction of sp³-hybridized carbons (Fsp3) is 0.300. The average molecular weight is 354 g/mol. The van der Waals surface area contributed by atoms with Crippen LogP contribution >= 0.6 is 0 Å². The van der Waals surface area contributed by atoms with Crippen LogP contribution in [0.15, 0.2) is 35.6 Å². The van der Waals surface area contributed by atoms with E-state index >= 15 is 4.39 Å². The van der Waals surface area contributed by atoms with Gasteiger partial charge in [0.25, 0.3) is 0 Å². The summed E-state index contributed by atoms with van der Waals surface area (Å²) in [5.41, 5.74) is 5.05. The number of aromatic nitrogens is 2. The Morgan fingerprint density at radius 2 is 1.85 bits per heavy atom. The van der Waals surface area contributed by atoms with Crippen LogP contribution in [0.1, 0.15) is 30.3 Å². The lowest BCUT2D eigenvalue weighted by atomic mass is 10.0.